The molecule has 1 heterocycles. The van der Waals surface area contributed by atoms with Gasteiger partial charge in [-0.1, -0.05) is 30.3 Å². The van der Waals surface area contributed by atoms with E-state index in [2.05, 4.69) is 20.0 Å². The van der Waals surface area contributed by atoms with Crippen LogP contribution in [-0.4, -0.2) is 26.2 Å². The van der Waals surface area contributed by atoms with E-state index in [0.29, 0.717) is 22.8 Å². The van der Waals surface area contributed by atoms with Gasteiger partial charge in [-0.2, -0.15) is 0 Å². The van der Waals surface area contributed by atoms with Gasteiger partial charge in [0.05, 0.1) is 11.0 Å². The van der Waals surface area contributed by atoms with Crippen LogP contribution in [0.1, 0.15) is 10.4 Å². The molecule has 144 valence electrons. The predicted octanol–water partition coefficient (Wildman–Crippen LogP) is 4.90. The number of para-hydroxylation sites is 2. The van der Waals surface area contributed by atoms with Crippen LogP contribution in [0.4, 0.5) is 17.3 Å². The first kappa shape index (κ1) is 18.6. The maximum atomic E-state index is 11.1. The van der Waals surface area contributed by atoms with E-state index in [-0.39, 0.29) is 11.3 Å². The lowest BCUT2D eigenvalue weighted by atomic mass is 10.2. The summed E-state index contributed by atoms with van der Waals surface area (Å²) >= 11 is 1.40. The third-order valence-corrected chi connectivity index (χ3v) is 4.87. The molecule has 29 heavy (non-hydrogen) atoms. The number of benzene rings is 3. The van der Waals surface area contributed by atoms with E-state index in [0.717, 1.165) is 10.4 Å². The zero-order chi connectivity index (χ0) is 20.2. The zero-order valence-electron chi connectivity index (χ0n) is 15.0. The lowest BCUT2D eigenvalue weighted by Crippen LogP contribution is -2.03. The van der Waals surface area contributed by atoms with Gasteiger partial charge in [-0.25, -0.2) is 14.8 Å². The average molecular weight is 404 g/mol. The summed E-state index contributed by atoms with van der Waals surface area (Å²) in [5.41, 5.74) is 1.76. The largest absolute Gasteiger partial charge is 0.507 e. The average Bonchev–Trinajstić information content (AvgIpc) is 2.73. The van der Waals surface area contributed by atoms with Gasteiger partial charge >= 0.3 is 5.97 Å². The maximum absolute atomic E-state index is 11.1. The normalized spacial score (nSPS) is 10.6. The minimum absolute atomic E-state index is 0.168. The summed E-state index contributed by atoms with van der Waals surface area (Å²) in [5, 5.41) is 22.1. The number of phenols is 1. The molecule has 0 saturated carbocycles. The minimum atomic E-state index is -1.19. The number of hydrogen-bond acceptors (Lipinski definition) is 7. The molecule has 3 aromatic carbocycles. The van der Waals surface area contributed by atoms with E-state index in [1.54, 1.807) is 6.07 Å². The molecular weight excluding hydrogens is 388 g/mol. The van der Waals surface area contributed by atoms with E-state index in [9.17, 15) is 9.90 Å². The van der Waals surface area contributed by atoms with Crippen LogP contribution in [0.25, 0.3) is 11.0 Å². The lowest BCUT2D eigenvalue weighted by molar-refractivity contribution is 0.0694. The highest BCUT2D eigenvalue weighted by Crippen LogP contribution is 2.30. The van der Waals surface area contributed by atoms with Gasteiger partial charge in [0, 0.05) is 16.6 Å². The second kappa shape index (κ2) is 8.07. The quantitative estimate of drug-likeness (QED) is 0.336. The highest BCUT2D eigenvalue weighted by atomic mass is 32.2. The molecule has 4 rings (SSSR count). The Bertz CT molecular complexity index is 1190. The van der Waals surface area contributed by atoms with Crippen LogP contribution in [0.5, 0.6) is 5.75 Å². The predicted molar refractivity (Wildman–Crippen MR) is 114 cm³/mol. The Morgan fingerprint density at radius 2 is 1.52 bits per heavy atom. The van der Waals surface area contributed by atoms with Gasteiger partial charge in [0.2, 0.25) is 0 Å². The molecule has 0 saturated heterocycles. The molecule has 4 aromatic rings. The molecule has 4 N–H and O–H groups in total. The van der Waals surface area contributed by atoms with Crippen molar-refractivity contribution in [3.05, 3.63) is 78.4 Å². The van der Waals surface area contributed by atoms with Crippen molar-refractivity contribution in [3.8, 4) is 5.75 Å². The molecule has 0 spiro atoms. The number of nitrogens with one attached hydrogen (secondary N) is 2. The van der Waals surface area contributed by atoms with E-state index >= 15 is 0 Å². The second-order valence-corrected chi connectivity index (χ2v) is 6.97. The van der Waals surface area contributed by atoms with Crippen LogP contribution in [0.15, 0.2) is 77.7 Å². The molecule has 0 amide bonds. The molecule has 1 aromatic heterocycles. The van der Waals surface area contributed by atoms with Crippen molar-refractivity contribution in [1.82, 2.24) is 9.97 Å². The fourth-order valence-electron chi connectivity index (χ4n) is 2.68. The number of nitrogens with zero attached hydrogens (tertiary/aromatic N) is 2. The van der Waals surface area contributed by atoms with Crippen molar-refractivity contribution in [2.75, 3.05) is 10.0 Å². The summed E-state index contributed by atoms with van der Waals surface area (Å²) in [6.45, 7) is 0. The van der Waals surface area contributed by atoms with E-state index in [1.807, 2.05) is 54.6 Å². The van der Waals surface area contributed by atoms with Gasteiger partial charge in [0.15, 0.2) is 11.6 Å². The van der Waals surface area contributed by atoms with Gasteiger partial charge < -0.3 is 20.3 Å². The molecule has 0 aliphatic carbocycles. The van der Waals surface area contributed by atoms with Gasteiger partial charge in [-0.05, 0) is 48.3 Å². The van der Waals surface area contributed by atoms with Crippen LogP contribution < -0.4 is 10.0 Å². The Labute approximate surface area is 170 Å². The number of aromatic carboxylic acids is 1. The summed E-state index contributed by atoms with van der Waals surface area (Å²) in [5.74, 6) is -0.556. The number of fused-ring (bicyclic) bond motifs is 1. The van der Waals surface area contributed by atoms with Gasteiger partial charge in [-0.3, -0.25) is 0 Å². The Morgan fingerprint density at radius 1 is 0.862 bits per heavy atom. The Kier molecular flexibility index (Phi) is 5.17. The molecule has 0 bridgehead atoms. The number of carboxylic acid groups (broad SMARTS) is 1. The van der Waals surface area contributed by atoms with Crippen molar-refractivity contribution in [2.45, 2.75) is 4.90 Å². The van der Waals surface area contributed by atoms with Gasteiger partial charge in [0.25, 0.3) is 0 Å². The van der Waals surface area contributed by atoms with Crippen molar-refractivity contribution >= 4 is 46.3 Å². The van der Waals surface area contributed by atoms with Gasteiger partial charge in [0.1, 0.15) is 11.3 Å². The first-order chi connectivity index (χ1) is 14.1. The Balaban J connectivity index is 1.68. The molecule has 0 fully saturated rings. The standard InChI is InChI=1S/C21H16N4O3S/c26-18-12-13(10-11-15(18)21(27)28)22-19-20(25-29-14-6-2-1-3-7-14)24-17-9-5-4-8-16(17)23-19/h1-12,26H,(H,22,23)(H,24,25)(H,27,28). The first-order valence-electron chi connectivity index (χ1n) is 8.68. The number of rotatable bonds is 6. The van der Waals surface area contributed by atoms with Crippen LogP contribution >= 0.6 is 11.9 Å². The number of aromatic hydroxyl groups is 1. The van der Waals surface area contributed by atoms with Gasteiger partial charge in [-0.15, -0.1) is 0 Å². The molecular formula is C21H16N4O3S. The summed E-state index contributed by atoms with van der Waals surface area (Å²) in [7, 11) is 0. The Hall–Kier alpha value is -3.78. The summed E-state index contributed by atoms with van der Waals surface area (Å²) in [6, 6.07) is 21.5. The maximum Gasteiger partial charge on any atom is 0.339 e. The molecule has 0 aliphatic rings. The fraction of sp³-hybridized carbons (Fsp3) is 0. The van der Waals surface area contributed by atoms with Crippen LogP contribution in [0.3, 0.4) is 0 Å². The van der Waals surface area contributed by atoms with Crippen molar-refractivity contribution < 1.29 is 15.0 Å². The lowest BCUT2D eigenvalue weighted by Gasteiger charge is -2.13. The van der Waals surface area contributed by atoms with E-state index in [1.165, 1.54) is 24.1 Å². The number of hydrogen-bond donors (Lipinski definition) is 4. The first-order valence-corrected chi connectivity index (χ1v) is 9.50. The van der Waals surface area contributed by atoms with Crippen LogP contribution in [0, 0.1) is 0 Å². The van der Waals surface area contributed by atoms with E-state index < -0.39 is 5.97 Å². The SMILES string of the molecule is O=C(O)c1ccc(Nc2nc3ccccc3nc2NSc2ccccc2)cc1O. The number of aromatic nitrogens is 2. The summed E-state index contributed by atoms with van der Waals surface area (Å²) in [6.07, 6.45) is 0. The smallest absolute Gasteiger partial charge is 0.339 e. The fourth-order valence-corrected chi connectivity index (χ4v) is 3.33. The van der Waals surface area contributed by atoms with Crippen molar-refractivity contribution in [2.24, 2.45) is 0 Å². The third kappa shape index (κ3) is 4.22. The molecule has 0 atom stereocenters. The molecule has 7 nitrogen and oxygen atoms in total. The zero-order valence-corrected chi connectivity index (χ0v) is 15.9. The second-order valence-electron chi connectivity index (χ2n) is 6.09. The number of carbonyl (C=O) groups is 1. The highest BCUT2D eigenvalue weighted by molar-refractivity contribution is 8.00. The van der Waals surface area contributed by atoms with E-state index in [4.69, 9.17) is 5.11 Å². The third-order valence-electron chi connectivity index (χ3n) is 4.07. The van der Waals surface area contributed by atoms with Crippen molar-refractivity contribution in [1.29, 1.82) is 0 Å². The Morgan fingerprint density at radius 3 is 2.17 bits per heavy atom. The minimum Gasteiger partial charge on any atom is -0.507 e. The number of carboxylic acids is 1. The number of anilines is 3. The van der Waals surface area contributed by atoms with Crippen LogP contribution in [0.2, 0.25) is 0 Å². The molecule has 0 aliphatic heterocycles. The molecule has 0 unspecified atom stereocenters. The van der Waals surface area contributed by atoms with Crippen LogP contribution in [-0.2, 0) is 0 Å². The summed E-state index contributed by atoms with van der Waals surface area (Å²) < 4.78 is 3.21. The topological polar surface area (TPSA) is 107 Å². The monoisotopic (exact) mass is 404 g/mol. The molecule has 0 radical (unpaired) electrons. The molecule has 8 heteroatoms. The van der Waals surface area contributed by atoms with Crippen molar-refractivity contribution in [3.63, 3.8) is 0 Å². The summed E-state index contributed by atoms with van der Waals surface area (Å²) in [4.78, 5) is 21.4. The highest BCUT2D eigenvalue weighted by Gasteiger charge is 2.13.